The van der Waals surface area contributed by atoms with Crippen molar-refractivity contribution in [1.29, 1.82) is 0 Å². The zero-order chi connectivity index (χ0) is 18.8. The minimum atomic E-state index is -4.77. The van der Waals surface area contributed by atoms with Crippen molar-refractivity contribution in [3.8, 4) is 0 Å². The number of alkyl halides is 3. The summed E-state index contributed by atoms with van der Waals surface area (Å²) in [6, 6.07) is 7.09. The van der Waals surface area contributed by atoms with Crippen LogP contribution in [0.3, 0.4) is 0 Å². The number of aromatic nitrogens is 2. The summed E-state index contributed by atoms with van der Waals surface area (Å²) >= 11 is 0. The maximum Gasteiger partial charge on any atom is 0.435 e. The summed E-state index contributed by atoms with van der Waals surface area (Å²) in [6.07, 6.45) is -4.77. The topological polar surface area (TPSA) is 107 Å². The largest absolute Gasteiger partial charge is 0.435 e. The van der Waals surface area contributed by atoms with E-state index in [-0.39, 0.29) is 4.90 Å². The molecule has 1 aromatic carbocycles. The Labute approximate surface area is 140 Å². The first-order valence-electron chi connectivity index (χ1n) is 6.80. The molecule has 11 heteroatoms. The molecule has 2 aromatic rings. The number of sulfonamides is 1. The zero-order valence-corrected chi connectivity index (χ0v) is 13.7. The van der Waals surface area contributed by atoms with Gasteiger partial charge in [0.2, 0.25) is 5.91 Å². The van der Waals surface area contributed by atoms with E-state index in [1.807, 2.05) is 0 Å². The highest BCUT2D eigenvalue weighted by atomic mass is 32.2. The number of amides is 1. The number of carbonyl (C=O) groups excluding carboxylic acids is 1. The lowest BCUT2D eigenvalue weighted by atomic mass is 10.2. The van der Waals surface area contributed by atoms with Gasteiger partial charge in [0.1, 0.15) is 6.54 Å². The summed E-state index contributed by atoms with van der Waals surface area (Å²) in [6.45, 7) is 1.00. The number of aryl methyl sites for hydroxylation is 1. The molecule has 1 amide bonds. The molecule has 0 aliphatic carbocycles. The monoisotopic (exact) mass is 374 g/mol. The number of hydrogen-bond acceptors (Lipinski definition) is 4. The third-order valence-corrected chi connectivity index (χ3v) is 4.31. The predicted molar refractivity (Wildman–Crippen MR) is 80.4 cm³/mol. The second kappa shape index (κ2) is 6.67. The van der Waals surface area contributed by atoms with E-state index >= 15 is 0 Å². The van der Waals surface area contributed by atoms with Gasteiger partial charge in [-0.1, -0.05) is 17.7 Å². The first kappa shape index (κ1) is 18.6. The van der Waals surface area contributed by atoms with Crippen LogP contribution in [0.15, 0.2) is 45.7 Å². The van der Waals surface area contributed by atoms with Crippen LogP contribution in [0, 0.1) is 6.92 Å². The molecule has 1 heterocycles. The summed E-state index contributed by atoms with van der Waals surface area (Å²) in [5.41, 5.74) is 4.03. The Morgan fingerprint density at radius 3 is 2.32 bits per heavy atom. The molecule has 0 radical (unpaired) electrons. The lowest BCUT2D eigenvalue weighted by molar-refractivity contribution is -0.142. The molecule has 0 unspecified atom stereocenters. The van der Waals surface area contributed by atoms with E-state index in [2.05, 4.69) is 9.50 Å². The van der Waals surface area contributed by atoms with Crippen LogP contribution in [0.2, 0.25) is 0 Å². The Morgan fingerprint density at radius 2 is 1.80 bits per heavy atom. The van der Waals surface area contributed by atoms with E-state index in [1.54, 1.807) is 19.1 Å². The minimum absolute atomic E-state index is 0.149. The molecule has 0 saturated carbocycles. The average molecular weight is 374 g/mol. The van der Waals surface area contributed by atoms with Crippen LogP contribution in [0.1, 0.15) is 11.3 Å². The van der Waals surface area contributed by atoms with Gasteiger partial charge in [-0.05, 0) is 31.2 Å². The van der Waals surface area contributed by atoms with Gasteiger partial charge in [-0.2, -0.15) is 26.7 Å². The fraction of sp³-hybridized carbons (Fsp3) is 0.214. The molecule has 0 atom stereocenters. The maximum atomic E-state index is 12.7. The van der Waals surface area contributed by atoms with E-state index in [4.69, 9.17) is 5.73 Å². The number of rotatable bonds is 4. The average Bonchev–Trinajstić information content (AvgIpc) is 2.47. The van der Waals surface area contributed by atoms with E-state index in [9.17, 15) is 26.4 Å². The highest BCUT2D eigenvalue weighted by molar-refractivity contribution is 7.90. The van der Waals surface area contributed by atoms with Crippen molar-refractivity contribution in [2.24, 2.45) is 10.1 Å². The van der Waals surface area contributed by atoms with Crippen molar-refractivity contribution in [3.05, 3.63) is 53.1 Å². The Kier molecular flexibility index (Phi) is 4.97. The first-order valence-corrected chi connectivity index (χ1v) is 8.24. The Hall–Kier alpha value is -2.69. The molecule has 0 saturated heterocycles. The van der Waals surface area contributed by atoms with Gasteiger partial charge in [-0.25, -0.2) is 4.68 Å². The molecule has 0 spiro atoms. The quantitative estimate of drug-likeness (QED) is 0.861. The Morgan fingerprint density at radius 1 is 1.20 bits per heavy atom. The van der Waals surface area contributed by atoms with Crippen molar-refractivity contribution in [2.75, 3.05) is 0 Å². The lowest BCUT2D eigenvalue weighted by Crippen LogP contribution is -2.32. The van der Waals surface area contributed by atoms with E-state index in [0.717, 1.165) is 11.6 Å². The van der Waals surface area contributed by atoms with Gasteiger partial charge in [0.25, 0.3) is 10.0 Å². The Balaban J connectivity index is 2.61. The standard InChI is InChI=1S/C14H13F3N4O3S/c1-9-2-4-10(5-3-9)25(23,24)20-13-7-6-11(14(15,16)17)19-21(13)8-12(18)22/h2-7H,8H2,1H3,(H2,18,22). The third-order valence-electron chi connectivity index (χ3n) is 3.01. The van der Waals surface area contributed by atoms with Crippen LogP contribution < -0.4 is 11.2 Å². The van der Waals surface area contributed by atoms with E-state index in [0.29, 0.717) is 10.7 Å². The summed E-state index contributed by atoms with van der Waals surface area (Å²) in [5.74, 6) is -0.999. The number of hydrogen-bond donors (Lipinski definition) is 1. The van der Waals surface area contributed by atoms with Crippen LogP contribution in [0.4, 0.5) is 13.2 Å². The molecule has 2 N–H and O–H groups in total. The van der Waals surface area contributed by atoms with Crippen molar-refractivity contribution >= 4 is 15.9 Å². The summed E-state index contributed by atoms with van der Waals surface area (Å²) < 4.78 is 66.7. The van der Waals surface area contributed by atoms with Crippen LogP contribution in [0.5, 0.6) is 0 Å². The number of halogens is 3. The van der Waals surface area contributed by atoms with Gasteiger partial charge in [-0.15, -0.1) is 4.40 Å². The molecule has 2 rings (SSSR count). The van der Waals surface area contributed by atoms with Gasteiger partial charge in [-0.3, -0.25) is 4.79 Å². The molecule has 25 heavy (non-hydrogen) atoms. The molecule has 0 fully saturated rings. The van der Waals surface area contributed by atoms with E-state index in [1.165, 1.54) is 12.1 Å². The van der Waals surface area contributed by atoms with Crippen molar-refractivity contribution in [2.45, 2.75) is 24.5 Å². The van der Waals surface area contributed by atoms with Gasteiger partial charge in [0.05, 0.1) is 4.90 Å². The second-order valence-corrected chi connectivity index (χ2v) is 6.68. The van der Waals surface area contributed by atoms with E-state index < -0.39 is 39.8 Å². The minimum Gasteiger partial charge on any atom is -0.368 e. The maximum absolute atomic E-state index is 12.7. The summed E-state index contributed by atoms with van der Waals surface area (Å²) in [4.78, 5) is 10.9. The fourth-order valence-corrected chi connectivity index (χ4v) is 2.82. The van der Waals surface area contributed by atoms with Crippen LogP contribution >= 0.6 is 0 Å². The fourth-order valence-electron chi connectivity index (χ4n) is 1.83. The van der Waals surface area contributed by atoms with Gasteiger partial charge in [0.15, 0.2) is 11.2 Å². The van der Waals surface area contributed by atoms with Gasteiger partial charge >= 0.3 is 6.18 Å². The van der Waals surface area contributed by atoms with Crippen LogP contribution in [0.25, 0.3) is 0 Å². The molecule has 7 nitrogen and oxygen atoms in total. The zero-order valence-electron chi connectivity index (χ0n) is 12.9. The normalized spacial score (nSPS) is 13.0. The molecular weight excluding hydrogens is 361 g/mol. The number of benzene rings is 1. The smallest absolute Gasteiger partial charge is 0.368 e. The van der Waals surface area contributed by atoms with Crippen molar-refractivity contribution < 1.29 is 26.4 Å². The summed E-state index contributed by atoms with van der Waals surface area (Å²) in [5, 5.41) is 3.21. The summed E-state index contributed by atoms with van der Waals surface area (Å²) in [7, 11) is -4.21. The number of nitrogens with two attached hydrogens (primary N) is 1. The first-order chi connectivity index (χ1) is 11.5. The van der Waals surface area contributed by atoms with Gasteiger partial charge < -0.3 is 5.73 Å². The third kappa shape index (κ3) is 4.66. The molecule has 1 aromatic heterocycles. The number of carbonyl (C=O) groups is 1. The van der Waals surface area contributed by atoms with Crippen LogP contribution in [-0.2, 0) is 27.5 Å². The molecule has 0 aliphatic heterocycles. The van der Waals surface area contributed by atoms with Crippen LogP contribution in [-0.4, -0.2) is 24.1 Å². The number of primary amides is 1. The Bertz CT molecular complexity index is 964. The SMILES string of the molecule is Cc1ccc(S(=O)(=O)N=c2ccc(C(F)(F)F)nn2CC(N)=O)cc1. The molecule has 0 aliphatic rings. The number of nitrogens with zero attached hydrogens (tertiary/aromatic N) is 3. The molecular formula is C14H13F3N4O3S. The lowest BCUT2D eigenvalue weighted by Gasteiger charge is -2.09. The molecule has 0 bridgehead atoms. The highest BCUT2D eigenvalue weighted by Gasteiger charge is 2.33. The van der Waals surface area contributed by atoms with Crippen molar-refractivity contribution in [3.63, 3.8) is 0 Å². The second-order valence-electron chi connectivity index (χ2n) is 5.08. The molecule has 134 valence electrons. The highest BCUT2D eigenvalue weighted by Crippen LogP contribution is 2.26. The van der Waals surface area contributed by atoms with Crippen molar-refractivity contribution in [1.82, 2.24) is 9.78 Å². The van der Waals surface area contributed by atoms with Gasteiger partial charge in [0, 0.05) is 0 Å². The predicted octanol–water partition coefficient (Wildman–Crippen LogP) is 0.985.